The van der Waals surface area contributed by atoms with Crippen LogP contribution in [-0.2, 0) is 13.0 Å². The minimum absolute atomic E-state index is 0.869. The summed E-state index contributed by atoms with van der Waals surface area (Å²) in [5, 5.41) is 0. The van der Waals surface area contributed by atoms with E-state index in [2.05, 4.69) is 11.3 Å². The van der Waals surface area contributed by atoms with Crippen molar-refractivity contribution in [3.05, 3.63) is 42.9 Å². The second-order valence-corrected chi connectivity index (χ2v) is 2.55. The molecule has 12 heavy (non-hydrogen) atoms. The SMILES string of the molecule is [c]1nccn1CCc1ccco1. The predicted octanol–water partition coefficient (Wildman–Crippen LogP) is 1.52. The Kier molecular flexibility index (Phi) is 1.94. The van der Waals surface area contributed by atoms with E-state index in [1.165, 1.54) is 0 Å². The molecule has 0 N–H and O–H groups in total. The van der Waals surface area contributed by atoms with E-state index >= 15 is 0 Å². The van der Waals surface area contributed by atoms with Crippen LogP contribution in [0.5, 0.6) is 0 Å². The summed E-state index contributed by atoms with van der Waals surface area (Å²) >= 11 is 0. The van der Waals surface area contributed by atoms with Gasteiger partial charge in [0.25, 0.3) is 0 Å². The fraction of sp³-hybridized carbons (Fsp3) is 0.222. The molecule has 0 unspecified atom stereocenters. The van der Waals surface area contributed by atoms with Gasteiger partial charge in [-0.25, -0.2) is 4.98 Å². The average molecular weight is 161 g/mol. The Hall–Kier alpha value is -1.51. The highest BCUT2D eigenvalue weighted by molar-refractivity contribution is 4.98. The van der Waals surface area contributed by atoms with Crippen molar-refractivity contribution >= 4 is 0 Å². The summed E-state index contributed by atoms with van der Waals surface area (Å²) in [7, 11) is 0. The Morgan fingerprint density at radius 2 is 2.58 bits per heavy atom. The molecule has 61 valence electrons. The number of aromatic nitrogens is 2. The van der Waals surface area contributed by atoms with Gasteiger partial charge in [-0.15, -0.1) is 0 Å². The predicted molar refractivity (Wildman–Crippen MR) is 43.5 cm³/mol. The van der Waals surface area contributed by atoms with Crippen molar-refractivity contribution in [2.75, 3.05) is 0 Å². The molecule has 0 atom stereocenters. The van der Waals surface area contributed by atoms with Gasteiger partial charge in [0, 0.05) is 25.4 Å². The molecule has 0 aliphatic carbocycles. The average Bonchev–Trinajstić information content (AvgIpc) is 2.74. The van der Waals surface area contributed by atoms with Crippen LogP contribution < -0.4 is 0 Å². The van der Waals surface area contributed by atoms with E-state index in [1.54, 1.807) is 12.5 Å². The molecule has 0 saturated carbocycles. The van der Waals surface area contributed by atoms with E-state index in [9.17, 15) is 0 Å². The van der Waals surface area contributed by atoms with E-state index < -0.39 is 0 Å². The lowest BCUT2D eigenvalue weighted by atomic mass is 10.3. The first-order chi connectivity index (χ1) is 5.95. The van der Waals surface area contributed by atoms with Gasteiger partial charge in [-0.2, -0.15) is 0 Å². The largest absolute Gasteiger partial charge is 0.469 e. The zero-order valence-corrected chi connectivity index (χ0v) is 6.60. The van der Waals surface area contributed by atoms with Crippen LogP contribution in [0.15, 0.2) is 35.2 Å². The zero-order chi connectivity index (χ0) is 8.23. The molecule has 0 amide bonds. The van der Waals surface area contributed by atoms with Gasteiger partial charge in [0.05, 0.1) is 6.26 Å². The molecule has 0 aliphatic heterocycles. The van der Waals surface area contributed by atoms with Crippen LogP contribution >= 0.6 is 0 Å². The van der Waals surface area contributed by atoms with E-state index in [1.807, 2.05) is 22.9 Å². The Labute approximate surface area is 70.7 Å². The maximum Gasteiger partial charge on any atom is 0.176 e. The van der Waals surface area contributed by atoms with Gasteiger partial charge in [-0.1, -0.05) is 0 Å². The van der Waals surface area contributed by atoms with Crippen LogP contribution in [0.1, 0.15) is 5.76 Å². The molecule has 0 spiro atoms. The third-order valence-electron chi connectivity index (χ3n) is 1.69. The Balaban J connectivity index is 1.91. The zero-order valence-electron chi connectivity index (χ0n) is 6.60. The van der Waals surface area contributed by atoms with Crippen molar-refractivity contribution in [1.82, 2.24) is 9.55 Å². The lowest BCUT2D eigenvalue weighted by Gasteiger charge is -1.97. The number of imidazole rings is 1. The molecule has 2 aromatic heterocycles. The van der Waals surface area contributed by atoms with Gasteiger partial charge in [0.2, 0.25) is 0 Å². The summed E-state index contributed by atoms with van der Waals surface area (Å²) in [6.07, 6.45) is 9.02. The van der Waals surface area contributed by atoms with Crippen molar-refractivity contribution in [1.29, 1.82) is 0 Å². The standard InChI is InChI=1S/C9H9N2O/c1-2-9(12-7-1)3-5-11-6-4-10-8-11/h1-2,4,6-7H,3,5H2. The molecular weight excluding hydrogens is 152 g/mol. The molecule has 0 saturated heterocycles. The normalized spacial score (nSPS) is 10.3. The second-order valence-electron chi connectivity index (χ2n) is 2.55. The highest BCUT2D eigenvalue weighted by atomic mass is 16.3. The van der Waals surface area contributed by atoms with Gasteiger partial charge >= 0.3 is 0 Å². The number of aryl methyl sites for hydroxylation is 2. The first kappa shape index (κ1) is 7.16. The summed E-state index contributed by atoms with van der Waals surface area (Å²) in [6.45, 7) is 0.869. The van der Waals surface area contributed by atoms with E-state index in [4.69, 9.17) is 4.42 Å². The quantitative estimate of drug-likeness (QED) is 0.683. The number of furan rings is 1. The fourth-order valence-corrected chi connectivity index (χ4v) is 1.06. The van der Waals surface area contributed by atoms with Gasteiger partial charge in [0.15, 0.2) is 6.33 Å². The third kappa shape index (κ3) is 1.56. The smallest absolute Gasteiger partial charge is 0.176 e. The fourth-order valence-electron chi connectivity index (χ4n) is 1.06. The number of rotatable bonds is 3. The van der Waals surface area contributed by atoms with Gasteiger partial charge in [-0.05, 0) is 12.1 Å². The van der Waals surface area contributed by atoms with Crippen molar-refractivity contribution < 1.29 is 4.42 Å². The molecule has 2 rings (SSSR count). The molecule has 3 heteroatoms. The van der Waals surface area contributed by atoms with Crippen LogP contribution in [0.3, 0.4) is 0 Å². The van der Waals surface area contributed by atoms with Crippen LogP contribution in [0.2, 0.25) is 0 Å². The van der Waals surface area contributed by atoms with E-state index in [0.717, 1.165) is 18.7 Å². The van der Waals surface area contributed by atoms with Gasteiger partial charge in [-0.3, -0.25) is 0 Å². The molecule has 0 aliphatic rings. The van der Waals surface area contributed by atoms with Gasteiger partial charge < -0.3 is 8.98 Å². The maximum absolute atomic E-state index is 5.18. The highest BCUT2D eigenvalue weighted by Crippen LogP contribution is 2.02. The molecular formula is C9H9N2O. The minimum atomic E-state index is 0.869. The van der Waals surface area contributed by atoms with Crippen LogP contribution in [0.25, 0.3) is 0 Å². The number of hydrogen-bond donors (Lipinski definition) is 0. The first-order valence-electron chi connectivity index (χ1n) is 3.86. The van der Waals surface area contributed by atoms with Crippen molar-refractivity contribution in [2.45, 2.75) is 13.0 Å². The summed E-state index contributed by atoms with van der Waals surface area (Å²) < 4.78 is 7.09. The number of nitrogens with zero attached hydrogens (tertiary/aromatic N) is 2. The monoisotopic (exact) mass is 161 g/mol. The highest BCUT2D eigenvalue weighted by Gasteiger charge is 1.95. The lowest BCUT2D eigenvalue weighted by Crippen LogP contribution is -1.97. The maximum atomic E-state index is 5.18. The summed E-state index contributed by atoms with van der Waals surface area (Å²) in [5.41, 5.74) is 0. The van der Waals surface area contributed by atoms with Crippen molar-refractivity contribution in [3.63, 3.8) is 0 Å². The lowest BCUT2D eigenvalue weighted by molar-refractivity contribution is 0.490. The molecule has 0 fully saturated rings. The van der Waals surface area contributed by atoms with Gasteiger partial charge in [0.1, 0.15) is 5.76 Å². The van der Waals surface area contributed by atoms with Crippen molar-refractivity contribution in [2.24, 2.45) is 0 Å². The molecule has 0 bridgehead atoms. The van der Waals surface area contributed by atoms with Crippen LogP contribution in [-0.4, -0.2) is 9.55 Å². The molecule has 1 radical (unpaired) electrons. The minimum Gasteiger partial charge on any atom is -0.469 e. The molecule has 2 aromatic rings. The summed E-state index contributed by atoms with van der Waals surface area (Å²) in [5.74, 6) is 0.997. The number of hydrogen-bond acceptors (Lipinski definition) is 2. The molecule has 0 aromatic carbocycles. The van der Waals surface area contributed by atoms with Crippen LogP contribution in [0, 0.1) is 6.33 Å². The summed E-state index contributed by atoms with van der Waals surface area (Å²) in [6, 6.07) is 3.86. The van der Waals surface area contributed by atoms with Crippen molar-refractivity contribution in [3.8, 4) is 0 Å². The van der Waals surface area contributed by atoms with E-state index in [-0.39, 0.29) is 0 Å². The van der Waals surface area contributed by atoms with Crippen LogP contribution in [0.4, 0.5) is 0 Å². The topological polar surface area (TPSA) is 31.0 Å². The Morgan fingerprint density at radius 3 is 3.25 bits per heavy atom. The summed E-state index contributed by atoms with van der Waals surface area (Å²) in [4.78, 5) is 3.83. The first-order valence-corrected chi connectivity index (χ1v) is 3.86. The third-order valence-corrected chi connectivity index (χ3v) is 1.69. The molecule has 2 heterocycles. The van der Waals surface area contributed by atoms with E-state index in [0.29, 0.717) is 0 Å². The second kappa shape index (κ2) is 3.26. The Bertz CT molecular complexity index is 276. The Morgan fingerprint density at radius 1 is 1.58 bits per heavy atom. The molecule has 3 nitrogen and oxygen atoms in total.